The number of nitrogens with one attached hydrogen (secondary N) is 1. The predicted molar refractivity (Wildman–Crippen MR) is 125 cm³/mol. The highest BCUT2D eigenvalue weighted by Gasteiger charge is 2.45. The SMILES string of the molecule is CC1(C)C(=O)N(Cc2ccccn2)c2cc(C(=O)NCc3c(F)cc(F)cc3F)cc(I)c21. The highest BCUT2D eigenvalue weighted by molar-refractivity contribution is 14.1. The van der Waals surface area contributed by atoms with Crippen molar-refractivity contribution in [2.24, 2.45) is 0 Å². The molecule has 2 heterocycles. The number of rotatable bonds is 5. The van der Waals surface area contributed by atoms with E-state index < -0.39 is 40.9 Å². The third-order valence-corrected chi connectivity index (χ3v) is 6.46. The van der Waals surface area contributed by atoms with E-state index in [4.69, 9.17) is 0 Å². The average Bonchev–Trinajstić information content (AvgIpc) is 2.94. The number of anilines is 1. The molecule has 0 aliphatic carbocycles. The van der Waals surface area contributed by atoms with E-state index in [-0.39, 0.29) is 18.0 Å². The molecule has 0 unspecified atom stereocenters. The predicted octanol–water partition coefficient (Wildman–Crippen LogP) is 4.86. The molecule has 3 aromatic rings. The number of aromatic nitrogens is 1. The second-order valence-corrected chi connectivity index (χ2v) is 9.38. The van der Waals surface area contributed by atoms with Crippen molar-refractivity contribution in [2.75, 3.05) is 4.90 Å². The number of halogens is 4. The molecule has 0 saturated carbocycles. The number of carbonyl (C=O) groups excluding carboxylic acids is 2. The van der Waals surface area contributed by atoms with Gasteiger partial charge in [0.15, 0.2) is 0 Å². The number of fused-ring (bicyclic) bond motifs is 1. The van der Waals surface area contributed by atoms with E-state index in [0.29, 0.717) is 23.5 Å². The molecule has 1 aliphatic rings. The van der Waals surface area contributed by atoms with Gasteiger partial charge in [0, 0.05) is 45.1 Å². The zero-order valence-electron chi connectivity index (χ0n) is 17.8. The van der Waals surface area contributed by atoms with E-state index in [1.54, 1.807) is 29.3 Å². The lowest BCUT2D eigenvalue weighted by atomic mass is 9.86. The largest absolute Gasteiger partial charge is 0.348 e. The molecular weight excluding hydrogens is 546 g/mol. The zero-order chi connectivity index (χ0) is 23.9. The third kappa shape index (κ3) is 4.33. The molecule has 33 heavy (non-hydrogen) atoms. The van der Waals surface area contributed by atoms with Crippen LogP contribution < -0.4 is 10.2 Å². The second kappa shape index (κ2) is 8.77. The van der Waals surface area contributed by atoms with Gasteiger partial charge in [0.2, 0.25) is 5.91 Å². The monoisotopic (exact) mass is 565 g/mol. The molecule has 0 radical (unpaired) electrons. The summed E-state index contributed by atoms with van der Waals surface area (Å²) in [5.74, 6) is -3.88. The maximum Gasteiger partial charge on any atom is 0.251 e. The Kier molecular flexibility index (Phi) is 6.17. The summed E-state index contributed by atoms with van der Waals surface area (Å²) < 4.78 is 41.7. The number of pyridine rings is 1. The molecule has 170 valence electrons. The highest BCUT2D eigenvalue weighted by Crippen LogP contribution is 2.45. The topological polar surface area (TPSA) is 62.3 Å². The van der Waals surface area contributed by atoms with Gasteiger partial charge in [0.1, 0.15) is 17.5 Å². The molecule has 4 rings (SSSR count). The van der Waals surface area contributed by atoms with Crippen LogP contribution in [0.3, 0.4) is 0 Å². The van der Waals surface area contributed by atoms with Crippen LogP contribution in [0.1, 0.15) is 41.0 Å². The standard InChI is InChI=1S/C24H19F3IN3O2/c1-24(2)21-19(28)7-13(22(32)30-11-16-17(26)9-14(25)10-18(16)27)8-20(21)31(23(24)33)12-15-5-3-4-6-29-15/h3-10H,11-12H2,1-2H3,(H,30,32). The van der Waals surface area contributed by atoms with Crippen molar-refractivity contribution < 1.29 is 22.8 Å². The Labute approximate surface area is 202 Å². The van der Waals surface area contributed by atoms with Crippen LogP contribution in [0.4, 0.5) is 18.9 Å². The van der Waals surface area contributed by atoms with E-state index in [1.165, 1.54) is 0 Å². The summed E-state index contributed by atoms with van der Waals surface area (Å²) in [6.45, 7) is 3.44. The number of nitrogens with zero attached hydrogens (tertiary/aromatic N) is 2. The molecule has 0 fully saturated rings. The minimum Gasteiger partial charge on any atom is -0.348 e. The molecule has 0 atom stereocenters. The Morgan fingerprint density at radius 1 is 1.12 bits per heavy atom. The maximum absolute atomic E-state index is 13.9. The molecule has 5 nitrogen and oxygen atoms in total. The number of carbonyl (C=O) groups is 2. The molecule has 2 amide bonds. The van der Waals surface area contributed by atoms with Crippen LogP contribution in [0, 0.1) is 21.0 Å². The van der Waals surface area contributed by atoms with Gasteiger partial charge < -0.3 is 10.2 Å². The Hall–Kier alpha value is -2.95. The van der Waals surface area contributed by atoms with Gasteiger partial charge in [-0.05, 0) is 60.7 Å². The summed E-state index contributed by atoms with van der Waals surface area (Å²) in [5, 5.41) is 2.47. The maximum atomic E-state index is 13.9. The lowest BCUT2D eigenvalue weighted by Crippen LogP contribution is -2.36. The van der Waals surface area contributed by atoms with E-state index in [1.807, 2.05) is 26.0 Å². The van der Waals surface area contributed by atoms with Gasteiger partial charge in [-0.3, -0.25) is 14.6 Å². The fraction of sp³-hybridized carbons (Fsp3) is 0.208. The molecular formula is C24H19F3IN3O2. The molecule has 2 aromatic carbocycles. The average molecular weight is 565 g/mol. The Balaban J connectivity index is 1.65. The number of amides is 2. The van der Waals surface area contributed by atoms with Gasteiger partial charge in [-0.1, -0.05) is 6.07 Å². The minimum atomic E-state index is -1.08. The first kappa shape index (κ1) is 23.2. The van der Waals surface area contributed by atoms with Crippen molar-refractivity contribution in [3.63, 3.8) is 0 Å². The number of hydrogen-bond donors (Lipinski definition) is 1. The highest BCUT2D eigenvalue weighted by atomic mass is 127. The molecule has 1 aromatic heterocycles. The minimum absolute atomic E-state index is 0.117. The van der Waals surface area contributed by atoms with Gasteiger partial charge in [-0.25, -0.2) is 13.2 Å². The smallest absolute Gasteiger partial charge is 0.251 e. The van der Waals surface area contributed by atoms with Crippen LogP contribution in [0.2, 0.25) is 0 Å². The van der Waals surface area contributed by atoms with Crippen LogP contribution >= 0.6 is 22.6 Å². The quantitative estimate of drug-likeness (QED) is 0.450. The summed E-state index contributed by atoms with van der Waals surface area (Å²) >= 11 is 2.08. The first-order chi connectivity index (χ1) is 15.6. The molecule has 0 bridgehead atoms. The summed E-state index contributed by atoms with van der Waals surface area (Å²) in [6, 6.07) is 9.77. The van der Waals surface area contributed by atoms with Crippen LogP contribution in [0.25, 0.3) is 0 Å². The molecule has 9 heteroatoms. The van der Waals surface area contributed by atoms with E-state index in [2.05, 4.69) is 32.9 Å². The van der Waals surface area contributed by atoms with Gasteiger partial charge in [-0.15, -0.1) is 0 Å². The third-order valence-electron chi connectivity index (χ3n) is 5.61. The van der Waals surface area contributed by atoms with Crippen molar-refractivity contribution >= 4 is 40.1 Å². The van der Waals surface area contributed by atoms with Crippen LogP contribution in [-0.2, 0) is 23.3 Å². The Morgan fingerprint density at radius 2 is 1.82 bits per heavy atom. The van der Waals surface area contributed by atoms with Gasteiger partial charge >= 0.3 is 0 Å². The van der Waals surface area contributed by atoms with E-state index in [9.17, 15) is 22.8 Å². The van der Waals surface area contributed by atoms with Crippen molar-refractivity contribution in [3.05, 3.63) is 92.1 Å². The van der Waals surface area contributed by atoms with Crippen molar-refractivity contribution in [3.8, 4) is 0 Å². The van der Waals surface area contributed by atoms with Crippen molar-refractivity contribution in [1.82, 2.24) is 10.3 Å². The van der Waals surface area contributed by atoms with Gasteiger partial charge in [0.05, 0.1) is 23.3 Å². The summed E-state index contributed by atoms with van der Waals surface area (Å²) in [4.78, 5) is 31.9. The zero-order valence-corrected chi connectivity index (χ0v) is 19.9. The Bertz CT molecular complexity index is 1240. The Morgan fingerprint density at radius 3 is 2.45 bits per heavy atom. The fourth-order valence-electron chi connectivity index (χ4n) is 3.93. The molecule has 0 saturated heterocycles. The summed E-state index contributed by atoms with van der Waals surface area (Å²) in [7, 11) is 0. The number of hydrogen-bond acceptors (Lipinski definition) is 3. The van der Waals surface area contributed by atoms with Gasteiger partial charge in [-0.2, -0.15) is 0 Å². The van der Waals surface area contributed by atoms with Crippen molar-refractivity contribution in [2.45, 2.75) is 32.4 Å². The summed E-state index contributed by atoms with van der Waals surface area (Å²) in [5.41, 5.74) is 1.09. The lowest BCUT2D eigenvalue weighted by molar-refractivity contribution is -0.122. The fourth-order valence-corrected chi connectivity index (χ4v) is 5.22. The van der Waals surface area contributed by atoms with Crippen LogP contribution in [0.15, 0.2) is 48.7 Å². The van der Waals surface area contributed by atoms with Gasteiger partial charge in [0.25, 0.3) is 5.91 Å². The summed E-state index contributed by atoms with van der Waals surface area (Å²) in [6.07, 6.45) is 1.64. The first-order valence-corrected chi connectivity index (χ1v) is 11.1. The molecule has 1 N–H and O–H groups in total. The second-order valence-electron chi connectivity index (χ2n) is 8.22. The van der Waals surface area contributed by atoms with Crippen LogP contribution in [-0.4, -0.2) is 16.8 Å². The molecule has 1 aliphatic heterocycles. The number of benzene rings is 2. The molecule has 0 spiro atoms. The van der Waals surface area contributed by atoms with Crippen molar-refractivity contribution in [1.29, 1.82) is 0 Å². The lowest BCUT2D eigenvalue weighted by Gasteiger charge is -2.20. The van der Waals surface area contributed by atoms with E-state index >= 15 is 0 Å². The van der Waals surface area contributed by atoms with E-state index in [0.717, 1.165) is 9.13 Å². The van der Waals surface area contributed by atoms with Crippen LogP contribution in [0.5, 0.6) is 0 Å². The normalized spacial score (nSPS) is 14.4. The first-order valence-electron chi connectivity index (χ1n) is 10.1.